The van der Waals surface area contributed by atoms with Crippen LogP contribution in [0.5, 0.6) is 0 Å². The quantitative estimate of drug-likeness (QED) is 0.918. The average molecular weight is 326 g/mol. The summed E-state index contributed by atoms with van der Waals surface area (Å²) in [6.07, 6.45) is 3.83. The van der Waals surface area contributed by atoms with Crippen LogP contribution in [0.15, 0.2) is 42.5 Å². The van der Waals surface area contributed by atoms with Crippen LogP contribution in [-0.2, 0) is 0 Å². The molecule has 0 unspecified atom stereocenters. The van der Waals surface area contributed by atoms with E-state index in [1.54, 1.807) is 12.1 Å². The molecular weight excluding hydrogens is 303 g/mol. The molecule has 1 saturated heterocycles. The van der Waals surface area contributed by atoms with Gasteiger partial charge in [0.2, 0.25) is 0 Å². The summed E-state index contributed by atoms with van der Waals surface area (Å²) in [5, 5.41) is 0. The highest BCUT2D eigenvalue weighted by Gasteiger charge is 2.19. The average Bonchev–Trinajstić information content (AvgIpc) is 2.61. The van der Waals surface area contributed by atoms with Gasteiger partial charge in [0.15, 0.2) is 0 Å². The molecule has 126 valence electrons. The summed E-state index contributed by atoms with van der Waals surface area (Å²) < 4.78 is 13.9. The summed E-state index contributed by atoms with van der Waals surface area (Å²) in [6.45, 7) is 4.49. The number of benzene rings is 2. The molecule has 1 amide bonds. The molecule has 24 heavy (non-hydrogen) atoms. The van der Waals surface area contributed by atoms with E-state index in [0.29, 0.717) is 11.6 Å². The summed E-state index contributed by atoms with van der Waals surface area (Å²) in [4.78, 5) is 14.1. The van der Waals surface area contributed by atoms with Gasteiger partial charge in [0.25, 0.3) is 5.91 Å². The van der Waals surface area contributed by atoms with Gasteiger partial charge in [0.1, 0.15) is 5.82 Å². The topological polar surface area (TPSA) is 46.3 Å². The van der Waals surface area contributed by atoms with E-state index < -0.39 is 11.7 Å². The Morgan fingerprint density at radius 3 is 2.38 bits per heavy atom. The molecule has 0 bridgehead atoms. The van der Waals surface area contributed by atoms with Crippen LogP contribution < -0.4 is 5.73 Å². The van der Waals surface area contributed by atoms with Crippen molar-refractivity contribution in [3.8, 4) is 11.1 Å². The minimum Gasteiger partial charge on any atom is -0.365 e. The highest BCUT2D eigenvalue weighted by Crippen LogP contribution is 2.29. The van der Waals surface area contributed by atoms with E-state index in [2.05, 4.69) is 24.0 Å². The number of nitrogens with two attached hydrogens (primary N) is 1. The lowest BCUT2D eigenvalue weighted by Crippen LogP contribution is -2.32. The molecule has 1 atom stereocenters. The SMILES string of the molecule is C[C@@H](c1ccc(-c2cccc(F)c2C(N)=O)cc1)N1CCCCC1. The molecule has 0 saturated carbocycles. The van der Waals surface area contributed by atoms with E-state index in [9.17, 15) is 9.18 Å². The fourth-order valence-electron chi connectivity index (χ4n) is 3.47. The Morgan fingerprint density at radius 1 is 1.08 bits per heavy atom. The number of halogens is 1. The summed E-state index contributed by atoms with van der Waals surface area (Å²) >= 11 is 0. The van der Waals surface area contributed by atoms with Gasteiger partial charge in [-0.2, -0.15) is 0 Å². The third-order valence-corrected chi connectivity index (χ3v) is 4.90. The van der Waals surface area contributed by atoms with Gasteiger partial charge in [-0.3, -0.25) is 9.69 Å². The number of carbonyl (C=O) groups excluding carboxylic acids is 1. The Bertz CT molecular complexity index is 721. The fourth-order valence-corrected chi connectivity index (χ4v) is 3.47. The van der Waals surface area contributed by atoms with Crippen molar-refractivity contribution in [3.63, 3.8) is 0 Å². The van der Waals surface area contributed by atoms with Crippen LogP contribution in [0.25, 0.3) is 11.1 Å². The number of piperidine rings is 1. The Hall–Kier alpha value is -2.20. The molecule has 0 aliphatic carbocycles. The predicted octanol–water partition coefficient (Wildman–Crippen LogP) is 4.14. The molecule has 3 nitrogen and oxygen atoms in total. The van der Waals surface area contributed by atoms with Gasteiger partial charge >= 0.3 is 0 Å². The molecule has 1 fully saturated rings. The van der Waals surface area contributed by atoms with E-state index in [1.807, 2.05) is 12.1 Å². The number of rotatable bonds is 4. The third kappa shape index (κ3) is 3.34. The standard InChI is InChI=1S/C20H23FN2O/c1-14(23-12-3-2-4-13-23)15-8-10-16(11-9-15)17-6-5-7-18(21)19(17)20(22)24/h5-11,14H,2-4,12-13H2,1H3,(H2,22,24)/t14-/m0/s1. The lowest BCUT2D eigenvalue weighted by molar-refractivity contribution is 0.0997. The minimum absolute atomic E-state index is 0.0469. The molecule has 0 radical (unpaired) electrons. The van der Waals surface area contributed by atoms with E-state index in [0.717, 1.165) is 18.7 Å². The Kier molecular flexibility index (Phi) is 4.95. The van der Waals surface area contributed by atoms with Crippen molar-refractivity contribution in [2.75, 3.05) is 13.1 Å². The summed E-state index contributed by atoms with van der Waals surface area (Å²) in [5.41, 5.74) is 7.87. The maximum Gasteiger partial charge on any atom is 0.252 e. The van der Waals surface area contributed by atoms with Gasteiger partial charge in [-0.15, -0.1) is 0 Å². The molecule has 3 rings (SSSR count). The second-order valence-corrected chi connectivity index (χ2v) is 6.42. The first-order valence-electron chi connectivity index (χ1n) is 8.50. The zero-order valence-corrected chi connectivity index (χ0v) is 14.0. The Labute approximate surface area is 142 Å². The van der Waals surface area contributed by atoms with Crippen molar-refractivity contribution in [2.24, 2.45) is 5.73 Å². The largest absolute Gasteiger partial charge is 0.365 e. The molecule has 0 aromatic heterocycles. The highest BCUT2D eigenvalue weighted by molar-refractivity contribution is 6.00. The summed E-state index contributed by atoms with van der Waals surface area (Å²) in [6, 6.07) is 13.0. The number of hydrogen-bond acceptors (Lipinski definition) is 2. The van der Waals surface area contributed by atoms with Gasteiger partial charge < -0.3 is 5.73 Å². The van der Waals surface area contributed by atoms with E-state index in [-0.39, 0.29) is 5.56 Å². The molecular formula is C20H23FN2O. The van der Waals surface area contributed by atoms with Gasteiger partial charge in [-0.25, -0.2) is 4.39 Å². The maximum atomic E-state index is 13.9. The lowest BCUT2D eigenvalue weighted by Gasteiger charge is -2.32. The number of carbonyl (C=O) groups is 1. The van der Waals surface area contributed by atoms with Gasteiger partial charge in [-0.1, -0.05) is 42.8 Å². The van der Waals surface area contributed by atoms with Crippen molar-refractivity contribution in [3.05, 3.63) is 59.4 Å². The van der Waals surface area contributed by atoms with E-state index in [1.165, 1.54) is 30.9 Å². The van der Waals surface area contributed by atoms with Gasteiger partial charge in [0.05, 0.1) is 5.56 Å². The zero-order valence-electron chi connectivity index (χ0n) is 14.0. The van der Waals surface area contributed by atoms with Crippen LogP contribution in [0.3, 0.4) is 0 Å². The van der Waals surface area contributed by atoms with Crippen LogP contribution in [-0.4, -0.2) is 23.9 Å². The Morgan fingerprint density at radius 2 is 1.75 bits per heavy atom. The Balaban J connectivity index is 1.87. The number of likely N-dealkylation sites (tertiary alicyclic amines) is 1. The fraction of sp³-hybridized carbons (Fsp3) is 0.350. The molecule has 1 aliphatic heterocycles. The molecule has 0 spiro atoms. The normalized spacial score (nSPS) is 16.8. The van der Waals surface area contributed by atoms with E-state index in [4.69, 9.17) is 5.73 Å². The van der Waals surface area contributed by atoms with Crippen molar-refractivity contribution in [1.82, 2.24) is 4.90 Å². The van der Waals surface area contributed by atoms with E-state index >= 15 is 0 Å². The van der Waals surface area contributed by atoms with Crippen LogP contribution in [0.4, 0.5) is 4.39 Å². The lowest BCUT2D eigenvalue weighted by atomic mass is 9.96. The number of amides is 1. The molecule has 4 heteroatoms. The van der Waals surface area contributed by atoms with Crippen molar-refractivity contribution >= 4 is 5.91 Å². The summed E-state index contributed by atoms with van der Waals surface area (Å²) in [5.74, 6) is -1.32. The van der Waals surface area contributed by atoms with Gasteiger partial charge in [0, 0.05) is 6.04 Å². The first kappa shape index (κ1) is 16.7. The van der Waals surface area contributed by atoms with Crippen molar-refractivity contribution in [2.45, 2.75) is 32.2 Å². The van der Waals surface area contributed by atoms with Crippen LogP contribution >= 0.6 is 0 Å². The molecule has 2 N–H and O–H groups in total. The minimum atomic E-state index is -0.742. The van der Waals surface area contributed by atoms with Gasteiger partial charge in [-0.05, 0) is 55.6 Å². The van der Waals surface area contributed by atoms with Crippen molar-refractivity contribution in [1.29, 1.82) is 0 Å². The molecule has 2 aromatic rings. The molecule has 2 aromatic carbocycles. The monoisotopic (exact) mass is 326 g/mol. The number of hydrogen-bond donors (Lipinski definition) is 1. The first-order chi connectivity index (χ1) is 11.6. The number of nitrogens with zero attached hydrogens (tertiary/aromatic N) is 1. The second kappa shape index (κ2) is 7.14. The third-order valence-electron chi connectivity index (χ3n) is 4.90. The number of primary amides is 1. The van der Waals surface area contributed by atoms with Crippen LogP contribution in [0.1, 0.15) is 48.1 Å². The first-order valence-corrected chi connectivity index (χ1v) is 8.50. The predicted molar refractivity (Wildman–Crippen MR) is 94.2 cm³/mol. The maximum absolute atomic E-state index is 13.9. The smallest absolute Gasteiger partial charge is 0.252 e. The van der Waals surface area contributed by atoms with Crippen LogP contribution in [0.2, 0.25) is 0 Å². The zero-order chi connectivity index (χ0) is 17.1. The van der Waals surface area contributed by atoms with Crippen LogP contribution in [0, 0.1) is 5.82 Å². The van der Waals surface area contributed by atoms with Crippen molar-refractivity contribution < 1.29 is 9.18 Å². The molecule has 1 heterocycles. The second-order valence-electron chi connectivity index (χ2n) is 6.42. The molecule has 1 aliphatic rings. The summed E-state index contributed by atoms with van der Waals surface area (Å²) in [7, 11) is 0. The highest BCUT2D eigenvalue weighted by atomic mass is 19.1.